The Labute approximate surface area is 132 Å². The van der Waals surface area contributed by atoms with Crippen molar-refractivity contribution in [1.29, 1.82) is 0 Å². The largest absolute Gasteiger partial charge is 0.379 e. The molecule has 2 saturated heterocycles. The molecule has 0 aliphatic carbocycles. The minimum atomic E-state index is -0.312. The van der Waals surface area contributed by atoms with Gasteiger partial charge in [0.05, 0.1) is 13.2 Å². The molecular formula is C14H20N4O3S. The Kier molecular flexibility index (Phi) is 4.80. The van der Waals surface area contributed by atoms with E-state index in [4.69, 9.17) is 4.74 Å². The molecule has 2 fully saturated rings. The summed E-state index contributed by atoms with van der Waals surface area (Å²) >= 11 is 1.93. The quantitative estimate of drug-likeness (QED) is 0.791. The lowest BCUT2D eigenvalue weighted by Crippen LogP contribution is -2.59. The Hall–Kier alpha value is -1.38. The van der Waals surface area contributed by atoms with Crippen molar-refractivity contribution in [3.05, 3.63) is 28.2 Å². The van der Waals surface area contributed by atoms with Gasteiger partial charge in [-0.1, -0.05) is 0 Å². The van der Waals surface area contributed by atoms with Crippen LogP contribution in [0.2, 0.25) is 0 Å². The first-order valence-electron chi connectivity index (χ1n) is 7.44. The smallest absolute Gasteiger partial charge is 0.271 e. The third-order valence-corrected chi connectivity index (χ3v) is 5.49. The molecular weight excluding hydrogens is 304 g/mol. The highest BCUT2D eigenvalue weighted by molar-refractivity contribution is 7.99. The number of hydrogen-bond acceptors (Lipinski definition) is 6. The number of amides is 1. The highest BCUT2D eigenvalue weighted by atomic mass is 32.2. The van der Waals surface area contributed by atoms with E-state index in [9.17, 15) is 9.59 Å². The number of ether oxygens (including phenoxy) is 1. The van der Waals surface area contributed by atoms with Gasteiger partial charge in [0.2, 0.25) is 0 Å². The van der Waals surface area contributed by atoms with Crippen molar-refractivity contribution in [1.82, 2.24) is 20.4 Å². The van der Waals surface area contributed by atoms with E-state index in [1.54, 1.807) is 0 Å². The molecule has 1 amide bonds. The Bertz CT molecular complexity index is 559. The molecule has 0 saturated carbocycles. The number of carbonyl (C=O) groups is 1. The fraction of sp³-hybridized carbons (Fsp3) is 0.643. The lowest BCUT2D eigenvalue weighted by molar-refractivity contribution is -0.0129. The second kappa shape index (κ2) is 6.80. The Morgan fingerprint density at radius 3 is 2.91 bits per heavy atom. The fourth-order valence-corrected chi connectivity index (χ4v) is 4.42. The third kappa shape index (κ3) is 3.34. The van der Waals surface area contributed by atoms with E-state index in [1.807, 2.05) is 11.8 Å². The van der Waals surface area contributed by atoms with E-state index in [2.05, 4.69) is 20.4 Å². The summed E-state index contributed by atoms with van der Waals surface area (Å²) in [5.41, 5.74) is -0.0670. The maximum atomic E-state index is 12.2. The van der Waals surface area contributed by atoms with E-state index in [1.165, 1.54) is 12.1 Å². The molecule has 2 aliphatic rings. The molecule has 1 unspecified atom stereocenters. The van der Waals surface area contributed by atoms with Gasteiger partial charge in [0.1, 0.15) is 5.69 Å². The van der Waals surface area contributed by atoms with Gasteiger partial charge in [-0.15, -0.1) is 0 Å². The maximum Gasteiger partial charge on any atom is 0.271 e. The van der Waals surface area contributed by atoms with Gasteiger partial charge in [-0.2, -0.15) is 16.9 Å². The predicted molar refractivity (Wildman–Crippen MR) is 84.3 cm³/mol. The van der Waals surface area contributed by atoms with Gasteiger partial charge < -0.3 is 10.1 Å². The van der Waals surface area contributed by atoms with Crippen LogP contribution in [0.25, 0.3) is 0 Å². The fourth-order valence-electron chi connectivity index (χ4n) is 2.94. The van der Waals surface area contributed by atoms with Crippen molar-refractivity contribution in [2.45, 2.75) is 12.0 Å². The third-order valence-electron chi connectivity index (χ3n) is 4.25. The Balaban J connectivity index is 1.65. The first-order valence-corrected chi connectivity index (χ1v) is 8.60. The van der Waals surface area contributed by atoms with E-state index in [0.717, 1.165) is 44.2 Å². The van der Waals surface area contributed by atoms with Gasteiger partial charge in [0.15, 0.2) is 0 Å². The lowest BCUT2D eigenvalue weighted by Gasteiger charge is -2.43. The molecule has 1 atom stereocenters. The molecule has 22 heavy (non-hydrogen) atoms. The van der Waals surface area contributed by atoms with E-state index in [0.29, 0.717) is 6.54 Å². The number of thioether (sulfide) groups is 1. The van der Waals surface area contributed by atoms with Gasteiger partial charge in [-0.05, 0) is 18.2 Å². The van der Waals surface area contributed by atoms with Crippen LogP contribution in [0.15, 0.2) is 16.9 Å². The number of nitrogens with one attached hydrogen (secondary N) is 2. The summed E-state index contributed by atoms with van der Waals surface area (Å²) < 4.78 is 5.43. The summed E-state index contributed by atoms with van der Waals surface area (Å²) in [7, 11) is 0. The number of H-pyrrole nitrogens is 1. The standard InChI is InChI=1S/C14H20N4O3S/c19-12-2-1-11(16-17-12)13(20)15-9-14(3-8-22-10-14)18-4-6-21-7-5-18/h1-2H,3-10H2,(H,15,20)(H,17,19). The summed E-state index contributed by atoms with van der Waals surface area (Å²) in [5.74, 6) is 1.89. The molecule has 0 radical (unpaired) electrons. The molecule has 0 spiro atoms. The molecule has 2 N–H and O–H groups in total. The van der Waals surface area contributed by atoms with Crippen molar-refractivity contribution in [2.75, 3.05) is 44.4 Å². The molecule has 1 aromatic heterocycles. The number of morpholine rings is 1. The number of carbonyl (C=O) groups excluding carboxylic acids is 1. The zero-order chi connectivity index (χ0) is 15.4. The molecule has 1 aromatic rings. The van der Waals surface area contributed by atoms with Crippen LogP contribution in [-0.2, 0) is 4.74 Å². The van der Waals surface area contributed by atoms with Gasteiger partial charge in [0.25, 0.3) is 11.5 Å². The van der Waals surface area contributed by atoms with Gasteiger partial charge in [0, 0.05) is 37.0 Å². The maximum absolute atomic E-state index is 12.2. The van der Waals surface area contributed by atoms with Gasteiger partial charge >= 0.3 is 0 Å². The molecule has 2 aliphatic heterocycles. The van der Waals surface area contributed by atoms with Crippen molar-refractivity contribution in [3.8, 4) is 0 Å². The minimum Gasteiger partial charge on any atom is -0.379 e. The van der Waals surface area contributed by atoms with Gasteiger partial charge in [-0.25, -0.2) is 5.10 Å². The topological polar surface area (TPSA) is 87.3 Å². The predicted octanol–water partition coefficient (Wildman–Crippen LogP) is -0.292. The Morgan fingerprint density at radius 2 is 2.27 bits per heavy atom. The van der Waals surface area contributed by atoms with E-state index >= 15 is 0 Å². The van der Waals surface area contributed by atoms with Crippen LogP contribution < -0.4 is 10.9 Å². The summed E-state index contributed by atoms with van der Waals surface area (Å²) in [6.45, 7) is 3.92. The summed E-state index contributed by atoms with van der Waals surface area (Å²) in [6.07, 6.45) is 1.07. The molecule has 120 valence electrons. The molecule has 0 bridgehead atoms. The number of aromatic nitrogens is 2. The van der Waals surface area contributed by atoms with Crippen LogP contribution in [-0.4, -0.2) is 70.9 Å². The van der Waals surface area contributed by atoms with Crippen LogP contribution in [0.5, 0.6) is 0 Å². The SMILES string of the molecule is O=C(NCC1(N2CCOCC2)CCSC1)c1ccc(=O)[nH]n1. The van der Waals surface area contributed by atoms with Crippen molar-refractivity contribution in [2.24, 2.45) is 0 Å². The molecule has 3 rings (SSSR count). The van der Waals surface area contributed by atoms with Crippen LogP contribution in [0.4, 0.5) is 0 Å². The zero-order valence-corrected chi connectivity index (χ0v) is 13.2. The van der Waals surface area contributed by atoms with Crippen molar-refractivity contribution < 1.29 is 9.53 Å². The highest BCUT2D eigenvalue weighted by Crippen LogP contribution is 2.33. The zero-order valence-electron chi connectivity index (χ0n) is 12.3. The normalized spacial score (nSPS) is 26.0. The molecule has 3 heterocycles. The molecule has 7 nitrogen and oxygen atoms in total. The molecule has 8 heteroatoms. The average Bonchev–Trinajstić information content (AvgIpc) is 3.04. The van der Waals surface area contributed by atoms with Crippen molar-refractivity contribution >= 4 is 17.7 Å². The van der Waals surface area contributed by atoms with Crippen LogP contribution >= 0.6 is 11.8 Å². The number of aromatic amines is 1. The monoisotopic (exact) mass is 324 g/mol. The first-order chi connectivity index (χ1) is 10.7. The first kappa shape index (κ1) is 15.5. The lowest BCUT2D eigenvalue weighted by atomic mass is 9.95. The van der Waals surface area contributed by atoms with Crippen LogP contribution in [0, 0.1) is 0 Å². The molecule has 0 aromatic carbocycles. The van der Waals surface area contributed by atoms with Crippen molar-refractivity contribution in [3.63, 3.8) is 0 Å². The van der Waals surface area contributed by atoms with E-state index in [-0.39, 0.29) is 22.7 Å². The van der Waals surface area contributed by atoms with Crippen LogP contribution in [0.1, 0.15) is 16.9 Å². The summed E-state index contributed by atoms with van der Waals surface area (Å²) in [5, 5.41) is 9.03. The number of nitrogens with zero attached hydrogens (tertiary/aromatic N) is 2. The van der Waals surface area contributed by atoms with E-state index < -0.39 is 0 Å². The highest BCUT2D eigenvalue weighted by Gasteiger charge is 2.40. The summed E-state index contributed by atoms with van der Waals surface area (Å²) in [6, 6.07) is 2.75. The summed E-state index contributed by atoms with van der Waals surface area (Å²) in [4.78, 5) is 25.6. The Morgan fingerprint density at radius 1 is 1.45 bits per heavy atom. The second-order valence-electron chi connectivity index (χ2n) is 5.62. The average molecular weight is 324 g/mol. The van der Waals surface area contributed by atoms with Gasteiger partial charge in [-0.3, -0.25) is 14.5 Å². The number of rotatable bonds is 4. The second-order valence-corrected chi connectivity index (χ2v) is 6.72. The minimum absolute atomic E-state index is 0.00625. The number of hydrogen-bond donors (Lipinski definition) is 2. The van der Waals surface area contributed by atoms with Crippen LogP contribution in [0.3, 0.4) is 0 Å².